The van der Waals surface area contributed by atoms with Crippen molar-refractivity contribution in [2.75, 3.05) is 5.32 Å². The maximum absolute atomic E-state index is 11.9. The van der Waals surface area contributed by atoms with Crippen LogP contribution in [0.25, 0.3) is 0 Å². The summed E-state index contributed by atoms with van der Waals surface area (Å²) in [5, 5.41) is 10.9. The molecule has 0 saturated carbocycles. The van der Waals surface area contributed by atoms with Gasteiger partial charge in [0.1, 0.15) is 6.54 Å². The number of nitrogens with two attached hydrogens (primary N) is 1. The van der Waals surface area contributed by atoms with Crippen LogP contribution in [0.3, 0.4) is 0 Å². The number of amides is 1. The van der Waals surface area contributed by atoms with Crippen molar-refractivity contribution in [1.29, 1.82) is 0 Å². The average molecular weight is 280 g/mol. The maximum Gasteiger partial charge on any atom is 0.246 e. The lowest BCUT2D eigenvalue weighted by molar-refractivity contribution is -0.116. The third-order valence-electron chi connectivity index (χ3n) is 2.59. The standard InChI is InChI=1S/C12H14ClN5O/c1-8-3-2-4-10(13)12(8)15-11(19)7-18-6-9(5-14)16-17-18/h2-4,6H,5,7,14H2,1H3,(H,15,19). The monoisotopic (exact) mass is 279 g/mol. The summed E-state index contributed by atoms with van der Waals surface area (Å²) in [6, 6.07) is 5.44. The molecule has 2 rings (SSSR count). The molecule has 1 aromatic heterocycles. The third-order valence-corrected chi connectivity index (χ3v) is 2.90. The van der Waals surface area contributed by atoms with Crippen molar-refractivity contribution < 1.29 is 4.79 Å². The van der Waals surface area contributed by atoms with E-state index in [1.54, 1.807) is 12.3 Å². The van der Waals surface area contributed by atoms with Crippen molar-refractivity contribution in [3.63, 3.8) is 0 Å². The second-order valence-electron chi connectivity index (χ2n) is 4.09. The van der Waals surface area contributed by atoms with E-state index in [0.29, 0.717) is 22.9 Å². The van der Waals surface area contributed by atoms with Crippen molar-refractivity contribution in [2.45, 2.75) is 20.0 Å². The summed E-state index contributed by atoms with van der Waals surface area (Å²) in [5.74, 6) is -0.218. The summed E-state index contributed by atoms with van der Waals surface area (Å²) in [4.78, 5) is 11.9. The van der Waals surface area contributed by atoms with Crippen LogP contribution >= 0.6 is 11.6 Å². The Kier molecular flexibility index (Phi) is 4.13. The first-order chi connectivity index (χ1) is 9.10. The van der Waals surface area contributed by atoms with E-state index < -0.39 is 0 Å². The van der Waals surface area contributed by atoms with Gasteiger partial charge in [0.2, 0.25) is 5.91 Å². The van der Waals surface area contributed by atoms with Gasteiger partial charge in [0.25, 0.3) is 0 Å². The normalized spacial score (nSPS) is 10.5. The van der Waals surface area contributed by atoms with Crippen LogP contribution in [0.15, 0.2) is 24.4 Å². The van der Waals surface area contributed by atoms with Gasteiger partial charge in [-0.15, -0.1) is 5.10 Å². The Hall–Kier alpha value is -1.92. The van der Waals surface area contributed by atoms with Crippen LogP contribution in [-0.4, -0.2) is 20.9 Å². The Bertz CT molecular complexity index is 575. The lowest BCUT2D eigenvalue weighted by Gasteiger charge is -2.09. The number of anilines is 1. The zero-order valence-corrected chi connectivity index (χ0v) is 11.2. The molecule has 1 aromatic carbocycles. The van der Waals surface area contributed by atoms with E-state index >= 15 is 0 Å². The molecule has 1 heterocycles. The molecule has 0 atom stereocenters. The number of halogens is 1. The summed E-state index contributed by atoms with van der Waals surface area (Å²) < 4.78 is 1.43. The Morgan fingerprint density at radius 2 is 2.32 bits per heavy atom. The molecule has 1 amide bonds. The Balaban J connectivity index is 2.05. The fourth-order valence-electron chi connectivity index (χ4n) is 1.63. The van der Waals surface area contributed by atoms with Crippen LogP contribution < -0.4 is 11.1 Å². The zero-order valence-electron chi connectivity index (χ0n) is 10.4. The Labute approximate surface area is 115 Å². The quantitative estimate of drug-likeness (QED) is 0.884. The van der Waals surface area contributed by atoms with E-state index in [1.807, 2.05) is 19.1 Å². The molecule has 0 aliphatic carbocycles. The Morgan fingerprint density at radius 1 is 1.53 bits per heavy atom. The molecule has 2 aromatic rings. The van der Waals surface area contributed by atoms with Crippen LogP contribution in [0.4, 0.5) is 5.69 Å². The minimum Gasteiger partial charge on any atom is -0.325 e. The van der Waals surface area contributed by atoms with Crippen LogP contribution in [-0.2, 0) is 17.9 Å². The van der Waals surface area contributed by atoms with Gasteiger partial charge in [-0.3, -0.25) is 4.79 Å². The minimum atomic E-state index is -0.218. The van der Waals surface area contributed by atoms with Gasteiger partial charge in [-0.05, 0) is 18.6 Å². The molecule has 19 heavy (non-hydrogen) atoms. The molecule has 0 aliphatic rings. The van der Waals surface area contributed by atoms with E-state index in [9.17, 15) is 4.79 Å². The molecule has 0 fully saturated rings. The second-order valence-corrected chi connectivity index (χ2v) is 4.50. The molecule has 0 bridgehead atoms. The molecule has 0 aliphatic heterocycles. The van der Waals surface area contributed by atoms with Crippen molar-refractivity contribution in [3.05, 3.63) is 40.7 Å². The highest BCUT2D eigenvalue weighted by Crippen LogP contribution is 2.25. The number of hydrogen-bond donors (Lipinski definition) is 2. The summed E-state index contributed by atoms with van der Waals surface area (Å²) in [7, 11) is 0. The average Bonchev–Trinajstić information content (AvgIpc) is 2.81. The lowest BCUT2D eigenvalue weighted by atomic mass is 10.2. The molecule has 0 saturated heterocycles. The number of rotatable bonds is 4. The van der Waals surface area contributed by atoms with Gasteiger partial charge in [-0.1, -0.05) is 28.9 Å². The van der Waals surface area contributed by atoms with Gasteiger partial charge < -0.3 is 11.1 Å². The fourth-order valence-corrected chi connectivity index (χ4v) is 1.89. The predicted molar refractivity (Wildman–Crippen MR) is 72.7 cm³/mol. The van der Waals surface area contributed by atoms with Gasteiger partial charge in [0.05, 0.1) is 22.6 Å². The summed E-state index contributed by atoms with van der Waals surface area (Å²) >= 11 is 6.04. The van der Waals surface area contributed by atoms with E-state index in [0.717, 1.165) is 5.56 Å². The highest BCUT2D eigenvalue weighted by atomic mass is 35.5. The molecule has 3 N–H and O–H groups in total. The number of para-hydroxylation sites is 1. The smallest absolute Gasteiger partial charge is 0.246 e. The third kappa shape index (κ3) is 3.30. The highest BCUT2D eigenvalue weighted by molar-refractivity contribution is 6.33. The molecule has 100 valence electrons. The molecular weight excluding hydrogens is 266 g/mol. The maximum atomic E-state index is 11.9. The van der Waals surface area contributed by atoms with E-state index in [1.165, 1.54) is 4.68 Å². The zero-order chi connectivity index (χ0) is 13.8. The second kappa shape index (κ2) is 5.81. The van der Waals surface area contributed by atoms with Crippen molar-refractivity contribution in [2.24, 2.45) is 5.73 Å². The van der Waals surface area contributed by atoms with Gasteiger partial charge in [0, 0.05) is 6.54 Å². The SMILES string of the molecule is Cc1cccc(Cl)c1NC(=O)Cn1cc(CN)nn1. The Morgan fingerprint density at radius 3 is 2.95 bits per heavy atom. The number of carbonyl (C=O) groups is 1. The minimum absolute atomic E-state index is 0.0671. The number of benzene rings is 1. The highest BCUT2D eigenvalue weighted by Gasteiger charge is 2.09. The number of nitrogens with zero attached hydrogens (tertiary/aromatic N) is 3. The van der Waals surface area contributed by atoms with E-state index in [4.69, 9.17) is 17.3 Å². The number of carbonyl (C=O) groups excluding carboxylic acids is 1. The van der Waals surface area contributed by atoms with E-state index in [2.05, 4.69) is 15.6 Å². The number of nitrogens with one attached hydrogen (secondary N) is 1. The molecule has 6 nitrogen and oxygen atoms in total. The number of aromatic nitrogens is 3. The van der Waals surface area contributed by atoms with Crippen LogP contribution in [0, 0.1) is 6.92 Å². The molecule has 0 radical (unpaired) electrons. The number of hydrogen-bond acceptors (Lipinski definition) is 4. The molecule has 7 heteroatoms. The molecular formula is C12H14ClN5O. The van der Waals surface area contributed by atoms with Gasteiger partial charge in [-0.25, -0.2) is 4.68 Å². The lowest BCUT2D eigenvalue weighted by Crippen LogP contribution is -2.19. The topological polar surface area (TPSA) is 85.8 Å². The predicted octanol–water partition coefficient (Wildman–Crippen LogP) is 1.34. The summed E-state index contributed by atoms with van der Waals surface area (Å²) in [6.45, 7) is 2.24. The first-order valence-corrected chi connectivity index (χ1v) is 6.12. The largest absolute Gasteiger partial charge is 0.325 e. The van der Waals surface area contributed by atoms with Crippen LogP contribution in [0.1, 0.15) is 11.3 Å². The summed E-state index contributed by atoms with van der Waals surface area (Å²) in [5.41, 5.74) is 7.59. The van der Waals surface area contributed by atoms with Crippen molar-refractivity contribution in [3.8, 4) is 0 Å². The molecule has 0 unspecified atom stereocenters. The van der Waals surface area contributed by atoms with Crippen LogP contribution in [0.2, 0.25) is 5.02 Å². The van der Waals surface area contributed by atoms with Crippen molar-refractivity contribution >= 4 is 23.2 Å². The van der Waals surface area contributed by atoms with Gasteiger partial charge in [0.15, 0.2) is 0 Å². The van der Waals surface area contributed by atoms with Crippen LogP contribution in [0.5, 0.6) is 0 Å². The first kappa shape index (κ1) is 13.5. The van der Waals surface area contributed by atoms with Gasteiger partial charge in [-0.2, -0.15) is 0 Å². The number of aryl methyl sites for hydroxylation is 1. The molecule has 0 spiro atoms. The summed E-state index contributed by atoms with van der Waals surface area (Å²) in [6.07, 6.45) is 1.64. The van der Waals surface area contributed by atoms with Gasteiger partial charge >= 0.3 is 0 Å². The first-order valence-electron chi connectivity index (χ1n) is 5.74. The fraction of sp³-hybridized carbons (Fsp3) is 0.250. The van der Waals surface area contributed by atoms with Crippen molar-refractivity contribution in [1.82, 2.24) is 15.0 Å². The van der Waals surface area contributed by atoms with E-state index in [-0.39, 0.29) is 12.5 Å².